The first-order valence-electron chi connectivity index (χ1n) is 6.33. The number of hydrogen-bond donors (Lipinski definition) is 0. The molecule has 6 heteroatoms. The molecule has 0 N–H and O–H groups in total. The van der Waals surface area contributed by atoms with Crippen LogP contribution in [0.2, 0.25) is 0 Å². The Labute approximate surface area is 116 Å². The molecule has 1 rings (SSSR count). The van der Waals surface area contributed by atoms with Gasteiger partial charge in [-0.25, -0.2) is 9.59 Å². The maximum atomic E-state index is 11.4. The van der Waals surface area contributed by atoms with Crippen LogP contribution in [-0.4, -0.2) is 36.7 Å². The van der Waals surface area contributed by atoms with E-state index in [0.29, 0.717) is 12.8 Å². The number of rotatable bonds is 0. The first-order valence-corrected chi connectivity index (χ1v) is 6.33. The Hall–Kier alpha value is -2.24. The van der Waals surface area contributed by atoms with Gasteiger partial charge < -0.3 is 9.47 Å². The van der Waals surface area contributed by atoms with Crippen LogP contribution in [0, 0.1) is 0 Å². The number of allylic oxidation sites excluding steroid dienone is 2. The lowest BCUT2D eigenvalue weighted by Crippen LogP contribution is -2.08. The summed E-state index contributed by atoms with van der Waals surface area (Å²) in [5, 5.41) is 0. The SMILES string of the molecule is O=C1/C=C\C(=O)OCCCC(=O)/C=C\C(=O)OCCC1. The lowest BCUT2D eigenvalue weighted by molar-refractivity contribution is -0.138. The molecule has 20 heavy (non-hydrogen) atoms. The molecule has 0 saturated heterocycles. The van der Waals surface area contributed by atoms with E-state index in [-0.39, 0.29) is 37.6 Å². The highest BCUT2D eigenvalue weighted by Crippen LogP contribution is 1.99. The van der Waals surface area contributed by atoms with Crippen LogP contribution in [0.25, 0.3) is 0 Å². The third-order valence-electron chi connectivity index (χ3n) is 2.43. The van der Waals surface area contributed by atoms with Gasteiger partial charge in [-0.3, -0.25) is 9.59 Å². The van der Waals surface area contributed by atoms with Crippen LogP contribution in [0.15, 0.2) is 24.3 Å². The fourth-order valence-electron chi connectivity index (χ4n) is 1.42. The molecule has 0 aliphatic carbocycles. The van der Waals surface area contributed by atoms with Crippen molar-refractivity contribution in [2.45, 2.75) is 25.7 Å². The molecule has 0 saturated carbocycles. The highest BCUT2D eigenvalue weighted by atomic mass is 16.5. The lowest BCUT2D eigenvalue weighted by atomic mass is 10.2. The predicted molar refractivity (Wildman–Crippen MR) is 68.7 cm³/mol. The van der Waals surface area contributed by atoms with Gasteiger partial charge in [-0.2, -0.15) is 0 Å². The van der Waals surface area contributed by atoms with E-state index in [0.717, 1.165) is 24.3 Å². The molecule has 0 aromatic carbocycles. The summed E-state index contributed by atoms with van der Waals surface area (Å²) in [6, 6.07) is 0. The van der Waals surface area contributed by atoms with E-state index in [2.05, 4.69) is 0 Å². The highest BCUT2D eigenvalue weighted by Gasteiger charge is 2.05. The van der Waals surface area contributed by atoms with Crippen molar-refractivity contribution in [2.75, 3.05) is 13.2 Å². The maximum absolute atomic E-state index is 11.4. The van der Waals surface area contributed by atoms with Gasteiger partial charge in [-0.05, 0) is 25.0 Å². The van der Waals surface area contributed by atoms with Gasteiger partial charge in [0.05, 0.1) is 13.2 Å². The molecule has 6 nitrogen and oxygen atoms in total. The van der Waals surface area contributed by atoms with Crippen LogP contribution in [0.3, 0.4) is 0 Å². The number of carbonyl (C=O) groups excluding carboxylic acids is 4. The van der Waals surface area contributed by atoms with E-state index in [1.165, 1.54) is 0 Å². The molecular weight excluding hydrogens is 264 g/mol. The minimum absolute atomic E-state index is 0.0847. The molecule has 0 aromatic rings. The third kappa shape index (κ3) is 7.25. The average Bonchev–Trinajstić information content (AvgIpc) is 2.42. The van der Waals surface area contributed by atoms with Gasteiger partial charge in [-0.1, -0.05) is 0 Å². The molecule has 0 amide bonds. The summed E-state index contributed by atoms with van der Waals surface area (Å²) in [5.74, 6) is -1.70. The Morgan fingerprint density at radius 1 is 0.650 bits per heavy atom. The molecule has 1 aliphatic rings. The number of esters is 2. The fraction of sp³-hybridized carbons (Fsp3) is 0.429. The fourth-order valence-corrected chi connectivity index (χ4v) is 1.42. The number of carbonyl (C=O) groups is 4. The van der Waals surface area contributed by atoms with Gasteiger partial charge in [0.1, 0.15) is 0 Å². The lowest BCUT2D eigenvalue weighted by Gasteiger charge is -2.02. The Balaban J connectivity index is 2.57. The van der Waals surface area contributed by atoms with Crippen molar-refractivity contribution in [3.63, 3.8) is 0 Å². The van der Waals surface area contributed by atoms with Crippen LogP contribution in [0.5, 0.6) is 0 Å². The first kappa shape index (κ1) is 15.8. The van der Waals surface area contributed by atoms with E-state index in [1.807, 2.05) is 0 Å². The normalized spacial score (nSPS) is 22.8. The Morgan fingerprint density at radius 3 is 1.45 bits per heavy atom. The number of ether oxygens (including phenoxy) is 2. The molecule has 0 atom stereocenters. The van der Waals surface area contributed by atoms with Crippen molar-refractivity contribution in [1.82, 2.24) is 0 Å². The molecule has 0 radical (unpaired) electrons. The number of hydrogen-bond acceptors (Lipinski definition) is 6. The second-order valence-corrected chi connectivity index (χ2v) is 4.14. The van der Waals surface area contributed by atoms with Crippen molar-refractivity contribution < 1.29 is 28.7 Å². The van der Waals surface area contributed by atoms with Gasteiger partial charge in [0, 0.05) is 25.0 Å². The van der Waals surface area contributed by atoms with Crippen molar-refractivity contribution in [1.29, 1.82) is 0 Å². The van der Waals surface area contributed by atoms with Gasteiger partial charge in [-0.15, -0.1) is 0 Å². The summed E-state index contributed by atoms with van der Waals surface area (Å²) in [6.45, 7) is 0.169. The predicted octanol–water partition coefficient (Wildman–Crippen LogP) is 0.897. The molecule has 0 bridgehead atoms. The summed E-state index contributed by atoms with van der Waals surface area (Å²) in [6.07, 6.45) is 5.43. The van der Waals surface area contributed by atoms with Gasteiger partial charge in [0.2, 0.25) is 0 Å². The second kappa shape index (κ2) is 8.79. The summed E-state index contributed by atoms with van der Waals surface area (Å²) >= 11 is 0. The van der Waals surface area contributed by atoms with E-state index in [1.54, 1.807) is 0 Å². The number of ketones is 2. The Morgan fingerprint density at radius 2 is 1.05 bits per heavy atom. The molecule has 1 aliphatic heterocycles. The van der Waals surface area contributed by atoms with E-state index in [9.17, 15) is 19.2 Å². The van der Waals surface area contributed by atoms with Crippen molar-refractivity contribution in [2.24, 2.45) is 0 Å². The van der Waals surface area contributed by atoms with Crippen LogP contribution in [0.1, 0.15) is 25.7 Å². The quantitative estimate of drug-likeness (QED) is 0.613. The molecule has 1 heterocycles. The summed E-state index contributed by atoms with van der Waals surface area (Å²) in [7, 11) is 0. The highest BCUT2D eigenvalue weighted by molar-refractivity contribution is 5.96. The molecule has 108 valence electrons. The topological polar surface area (TPSA) is 86.7 Å². The van der Waals surface area contributed by atoms with Crippen LogP contribution in [0.4, 0.5) is 0 Å². The third-order valence-corrected chi connectivity index (χ3v) is 2.43. The van der Waals surface area contributed by atoms with Crippen LogP contribution < -0.4 is 0 Å². The van der Waals surface area contributed by atoms with Crippen molar-refractivity contribution in [3.05, 3.63) is 24.3 Å². The zero-order valence-electron chi connectivity index (χ0n) is 11.0. The van der Waals surface area contributed by atoms with Gasteiger partial charge >= 0.3 is 11.9 Å². The molecule has 0 aromatic heterocycles. The summed E-state index contributed by atoms with van der Waals surface area (Å²) in [4.78, 5) is 45.1. The van der Waals surface area contributed by atoms with E-state index >= 15 is 0 Å². The zero-order chi connectivity index (χ0) is 14.8. The summed E-state index contributed by atoms with van der Waals surface area (Å²) in [5.41, 5.74) is 0. The molecule has 0 spiro atoms. The smallest absolute Gasteiger partial charge is 0.330 e. The second-order valence-electron chi connectivity index (χ2n) is 4.14. The number of cyclic esters (lactones) is 2. The maximum Gasteiger partial charge on any atom is 0.330 e. The van der Waals surface area contributed by atoms with Crippen molar-refractivity contribution >= 4 is 23.5 Å². The van der Waals surface area contributed by atoms with Crippen molar-refractivity contribution in [3.8, 4) is 0 Å². The molecular formula is C14H16O6. The minimum atomic E-state index is -0.611. The molecule has 0 unspecified atom stereocenters. The average molecular weight is 280 g/mol. The first-order chi connectivity index (χ1) is 9.58. The zero-order valence-corrected chi connectivity index (χ0v) is 11.0. The van der Waals surface area contributed by atoms with Gasteiger partial charge in [0.25, 0.3) is 0 Å². The molecule has 0 fully saturated rings. The van der Waals surface area contributed by atoms with E-state index < -0.39 is 11.9 Å². The van der Waals surface area contributed by atoms with Crippen LogP contribution >= 0.6 is 0 Å². The Kier molecular flexibility index (Phi) is 6.95. The monoisotopic (exact) mass is 280 g/mol. The standard InChI is InChI=1S/C14H16O6/c15-11-3-1-9-19-13(17)8-6-12(16)4-2-10-20-14(18)7-5-11/h5-8H,1-4,9-10H2/b7-5-,8-6-. The van der Waals surface area contributed by atoms with E-state index in [4.69, 9.17) is 9.47 Å². The summed E-state index contributed by atoms with van der Waals surface area (Å²) < 4.78 is 9.63. The Bertz CT molecular complexity index is 365. The largest absolute Gasteiger partial charge is 0.463 e. The van der Waals surface area contributed by atoms with Gasteiger partial charge in [0.15, 0.2) is 11.6 Å². The minimum Gasteiger partial charge on any atom is -0.463 e. The van der Waals surface area contributed by atoms with Crippen LogP contribution in [-0.2, 0) is 28.7 Å².